The summed E-state index contributed by atoms with van der Waals surface area (Å²) in [5, 5.41) is 4.52. The molecule has 0 radical (unpaired) electrons. The van der Waals surface area contributed by atoms with Gasteiger partial charge in [-0.3, -0.25) is 0 Å². The van der Waals surface area contributed by atoms with Crippen molar-refractivity contribution < 1.29 is 0 Å². The van der Waals surface area contributed by atoms with E-state index in [0.29, 0.717) is 6.04 Å². The molecule has 1 nitrogen and oxygen atoms in total. The highest BCUT2D eigenvalue weighted by atomic mass is 32.2. The Kier molecular flexibility index (Phi) is 4.74. The van der Waals surface area contributed by atoms with Crippen LogP contribution in [0.3, 0.4) is 0 Å². The summed E-state index contributed by atoms with van der Waals surface area (Å²) >= 11 is 4.08. The van der Waals surface area contributed by atoms with Crippen LogP contribution in [0.15, 0.2) is 12.1 Å². The lowest BCUT2D eigenvalue weighted by molar-refractivity contribution is 0.566. The molecule has 1 N–H and O–H groups in total. The molecule has 3 heteroatoms. The third kappa shape index (κ3) is 3.25. The Bertz CT molecular complexity index is 315. The van der Waals surface area contributed by atoms with Crippen LogP contribution < -0.4 is 5.32 Å². The summed E-state index contributed by atoms with van der Waals surface area (Å²) in [4.78, 5) is 2.98. The molecule has 2 rings (SSSR count). The van der Waals surface area contributed by atoms with Crippen molar-refractivity contribution in [3.05, 3.63) is 21.9 Å². The van der Waals surface area contributed by atoms with Gasteiger partial charge in [0.25, 0.3) is 0 Å². The number of hydrogen-bond acceptors (Lipinski definition) is 3. The molecule has 0 aromatic carbocycles. The molecule has 1 aliphatic heterocycles. The van der Waals surface area contributed by atoms with Crippen LogP contribution in [0.1, 0.15) is 42.5 Å². The number of thiophene rings is 1. The summed E-state index contributed by atoms with van der Waals surface area (Å²) in [5.41, 5.74) is 0. The molecule has 1 aromatic heterocycles. The van der Waals surface area contributed by atoms with Crippen LogP contribution in [0.4, 0.5) is 0 Å². The second-order valence-electron chi connectivity index (χ2n) is 4.42. The van der Waals surface area contributed by atoms with Crippen molar-refractivity contribution in [2.24, 2.45) is 0 Å². The van der Waals surface area contributed by atoms with E-state index < -0.39 is 0 Å². The Balaban J connectivity index is 1.80. The monoisotopic (exact) mass is 255 g/mol. The minimum absolute atomic E-state index is 0.520. The third-order valence-electron chi connectivity index (χ3n) is 3.13. The molecule has 2 atom stereocenters. The maximum atomic E-state index is 3.67. The van der Waals surface area contributed by atoms with E-state index in [1.165, 1.54) is 34.9 Å². The van der Waals surface area contributed by atoms with Gasteiger partial charge in [0, 0.05) is 27.6 Å². The average molecular weight is 255 g/mol. The Morgan fingerprint density at radius 1 is 1.50 bits per heavy atom. The van der Waals surface area contributed by atoms with Crippen LogP contribution in [0.25, 0.3) is 0 Å². The predicted molar refractivity (Wildman–Crippen MR) is 75.6 cm³/mol. The zero-order valence-corrected chi connectivity index (χ0v) is 11.8. The summed E-state index contributed by atoms with van der Waals surface area (Å²) in [6.07, 6.45) is 3.97. The van der Waals surface area contributed by atoms with Gasteiger partial charge in [0.05, 0.1) is 0 Å². The van der Waals surface area contributed by atoms with Crippen molar-refractivity contribution in [3.63, 3.8) is 0 Å². The van der Waals surface area contributed by atoms with E-state index in [9.17, 15) is 0 Å². The minimum atomic E-state index is 0.520. The summed E-state index contributed by atoms with van der Waals surface area (Å²) in [7, 11) is 0. The zero-order valence-electron chi connectivity index (χ0n) is 10.2. The van der Waals surface area contributed by atoms with E-state index in [1.807, 2.05) is 11.3 Å². The standard InChI is InChI=1S/C13H21NS2/c1-3-11-6-7-13(16-11)10(2)14-9-12-5-4-8-15-12/h6-7,10,12,14H,3-5,8-9H2,1-2H3. The Morgan fingerprint density at radius 3 is 3.00 bits per heavy atom. The number of nitrogens with one attached hydrogen (secondary N) is 1. The molecular weight excluding hydrogens is 234 g/mol. The molecule has 2 unspecified atom stereocenters. The summed E-state index contributed by atoms with van der Waals surface area (Å²) < 4.78 is 0. The first-order chi connectivity index (χ1) is 7.79. The van der Waals surface area contributed by atoms with Crippen LogP contribution in [0.5, 0.6) is 0 Å². The normalized spacial score (nSPS) is 22.5. The highest BCUT2D eigenvalue weighted by molar-refractivity contribution is 8.00. The van der Waals surface area contributed by atoms with Crippen LogP contribution in [0.2, 0.25) is 0 Å². The van der Waals surface area contributed by atoms with Crippen molar-refractivity contribution in [3.8, 4) is 0 Å². The minimum Gasteiger partial charge on any atom is -0.308 e. The second kappa shape index (κ2) is 6.08. The molecule has 0 aliphatic carbocycles. The zero-order chi connectivity index (χ0) is 11.4. The Labute approximate surface area is 107 Å². The molecule has 1 fully saturated rings. The van der Waals surface area contributed by atoms with Gasteiger partial charge in [-0.05, 0) is 44.1 Å². The lowest BCUT2D eigenvalue weighted by Crippen LogP contribution is -2.25. The number of aryl methyl sites for hydroxylation is 1. The van der Waals surface area contributed by atoms with Crippen LogP contribution in [0, 0.1) is 0 Å². The van der Waals surface area contributed by atoms with Crippen LogP contribution in [-0.4, -0.2) is 17.5 Å². The van der Waals surface area contributed by atoms with E-state index in [0.717, 1.165) is 11.7 Å². The lowest BCUT2D eigenvalue weighted by atomic mass is 10.2. The highest BCUT2D eigenvalue weighted by Crippen LogP contribution is 2.27. The Hall–Kier alpha value is 0.01000. The first-order valence-electron chi connectivity index (χ1n) is 6.23. The van der Waals surface area contributed by atoms with Crippen molar-refractivity contribution in [1.82, 2.24) is 5.32 Å². The molecule has 0 saturated carbocycles. The average Bonchev–Trinajstić information content (AvgIpc) is 2.96. The SMILES string of the molecule is CCc1ccc(C(C)NCC2CCCS2)s1. The van der Waals surface area contributed by atoms with Gasteiger partial charge >= 0.3 is 0 Å². The first kappa shape index (κ1) is 12.5. The van der Waals surface area contributed by atoms with Crippen LogP contribution >= 0.6 is 23.1 Å². The molecule has 2 heterocycles. The van der Waals surface area contributed by atoms with Crippen molar-refractivity contribution in [2.45, 2.75) is 44.4 Å². The number of rotatable bonds is 5. The fourth-order valence-corrected chi connectivity index (χ4v) is 4.22. The predicted octanol–water partition coefficient (Wildman–Crippen LogP) is 3.86. The smallest absolute Gasteiger partial charge is 0.0386 e. The van der Waals surface area contributed by atoms with Crippen molar-refractivity contribution in [1.29, 1.82) is 0 Å². The van der Waals surface area contributed by atoms with Gasteiger partial charge in [-0.25, -0.2) is 0 Å². The third-order valence-corrected chi connectivity index (χ3v) is 5.94. The van der Waals surface area contributed by atoms with Crippen molar-refractivity contribution >= 4 is 23.1 Å². The molecule has 16 heavy (non-hydrogen) atoms. The quantitative estimate of drug-likeness (QED) is 0.857. The van der Waals surface area contributed by atoms with Gasteiger partial charge in [-0.15, -0.1) is 11.3 Å². The van der Waals surface area contributed by atoms with Gasteiger partial charge in [0.2, 0.25) is 0 Å². The maximum absolute atomic E-state index is 3.67. The van der Waals surface area contributed by atoms with E-state index in [4.69, 9.17) is 0 Å². The van der Waals surface area contributed by atoms with Gasteiger partial charge in [0.15, 0.2) is 0 Å². The van der Waals surface area contributed by atoms with Crippen LogP contribution in [-0.2, 0) is 6.42 Å². The second-order valence-corrected chi connectivity index (χ2v) is 7.03. The van der Waals surface area contributed by atoms with Gasteiger partial charge in [-0.2, -0.15) is 11.8 Å². The number of thioether (sulfide) groups is 1. The van der Waals surface area contributed by atoms with Gasteiger partial charge in [-0.1, -0.05) is 6.92 Å². The maximum Gasteiger partial charge on any atom is 0.0386 e. The molecule has 0 bridgehead atoms. The van der Waals surface area contributed by atoms with E-state index >= 15 is 0 Å². The topological polar surface area (TPSA) is 12.0 Å². The number of hydrogen-bond donors (Lipinski definition) is 1. The largest absolute Gasteiger partial charge is 0.308 e. The summed E-state index contributed by atoms with van der Waals surface area (Å²) in [5.74, 6) is 1.36. The Morgan fingerprint density at radius 2 is 2.38 bits per heavy atom. The molecule has 0 amide bonds. The van der Waals surface area contributed by atoms with Crippen molar-refractivity contribution in [2.75, 3.05) is 12.3 Å². The molecule has 1 saturated heterocycles. The molecule has 1 aromatic rings. The lowest BCUT2D eigenvalue weighted by Gasteiger charge is -2.15. The molecular formula is C13H21NS2. The summed E-state index contributed by atoms with van der Waals surface area (Å²) in [6.45, 7) is 5.68. The fourth-order valence-electron chi connectivity index (χ4n) is 2.03. The first-order valence-corrected chi connectivity index (χ1v) is 8.09. The van der Waals surface area contributed by atoms with Gasteiger partial charge < -0.3 is 5.32 Å². The van der Waals surface area contributed by atoms with E-state index in [-0.39, 0.29) is 0 Å². The van der Waals surface area contributed by atoms with E-state index in [1.54, 1.807) is 0 Å². The summed E-state index contributed by atoms with van der Waals surface area (Å²) in [6, 6.07) is 5.07. The molecule has 0 spiro atoms. The highest BCUT2D eigenvalue weighted by Gasteiger charge is 2.16. The van der Waals surface area contributed by atoms with E-state index in [2.05, 4.69) is 43.1 Å². The molecule has 1 aliphatic rings. The fraction of sp³-hybridized carbons (Fsp3) is 0.692. The molecule has 90 valence electrons. The van der Waals surface area contributed by atoms with Gasteiger partial charge in [0.1, 0.15) is 0 Å².